The second kappa shape index (κ2) is 14.5. The number of carboxylic acids is 1. The summed E-state index contributed by atoms with van der Waals surface area (Å²) in [5.74, 6) is -3.26. The number of amides is 3. The third kappa shape index (κ3) is 10.3. The molecule has 190 valence electrons. The highest BCUT2D eigenvalue weighted by Crippen LogP contribution is 2.07. The fraction of sp³-hybridized carbons (Fsp3) is 0.600. The number of rotatable bonds is 15. The number of aliphatic imine (C=N–C) groups is 1. The molecule has 4 atom stereocenters. The Balaban J connectivity index is 2.70. The van der Waals surface area contributed by atoms with E-state index < -0.39 is 48.4 Å². The van der Waals surface area contributed by atoms with Crippen LogP contribution >= 0.6 is 0 Å². The first kappa shape index (κ1) is 28.4. The Morgan fingerprint density at radius 2 is 1.88 bits per heavy atom. The number of imidazole rings is 1. The minimum atomic E-state index is -1.23. The highest BCUT2D eigenvalue weighted by atomic mass is 16.4. The van der Waals surface area contributed by atoms with E-state index in [-0.39, 0.29) is 31.3 Å². The maximum atomic E-state index is 12.7. The van der Waals surface area contributed by atoms with Crippen LogP contribution in [0.15, 0.2) is 17.5 Å². The number of guanidine groups is 1. The van der Waals surface area contributed by atoms with Crippen LogP contribution < -0.4 is 33.2 Å². The van der Waals surface area contributed by atoms with Crippen molar-refractivity contribution >= 4 is 29.7 Å². The second-order valence-corrected chi connectivity index (χ2v) is 7.88. The highest BCUT2D eigenvalue weighted by molar-refractivity contribution is 5.92. The summed E-state index contributed by atoms with van der Waals surface area (Å²) in [5, 5.41) is 16.7. The summed E-state index contributed by atoms with van der Waals surface area (Å²) in [6.07, 6.45) is 4.14. The molecule has 3 amide bonds. The van der Waals surface area contributed by atoms with E-state index in [1.165, 1.54) is 12.5 Å². The summed E-state index contributed by atoms with van der Waals surface area (Å²) in [4.78, 5) is 59.3. The van der Waals surface area contributed by atoms with Gasteiger partial charge < -0.3 is 43.2 Å². The predicted molar refractivity (Wildman–Crippen MR) is 124 cm³/mol. The number of aromatic amines is 1. The van der Waals surface area contributed by atoms with Crippen molar-refractivity contribution in [1.82, 2.24) is 25.9 Å². The molecule has 11 N–H and O–H groups in total. The van der Waals surface area contributed by atoms with Crippen molar-refractivity contribution in [2.75, 3.05) is 13.1 Å². The lowest BCUT2D eigenvalue weighted by atomic mass is 9.99. The first-order valence-electron chi connectivity index (χ1n) is 10.9. The number of hydrogen-bond donors (Lipinski definition) is 8. The molecule has 34 heavy (non-hydrogen) atoms. The van der Waals surface area contributed by atoms with Gasteiger partial charge in [-0.25, -0.2) is 9.78 Å². The number of carbonyl (C=O) groups is 4. The van der Waals surface area contributed by atoms with Gasteiger partial charge in [-0.15, -0.1) is 0 Å². The number of carbonyl (C=O) groups excluding carboxylic acids is 3. The van der Waals surface area contributed by atoms with Gasteiger partial charge in [0, 0.05) is 24.9 Å². The van der Waals surface area contributed by atoms with Gasteiger partial charge in [-0.05, 0) is 18.8 Å². The summed E-state index contributed by atoms with van der Waals surface area (Å²) in [6.45, 7) is 3.46. The van der Waals surface area contributed by atoms with Crippen LogP contribution in [0.25, 0.3) is 0 Å². The molecule has 1 aromatic rings. The van der Waals surface area contributed by atoms with E-state index in [1.54, 1.807) is 0 Å². The standard InChI is InChI=1S/C20H35N9O5/c1-3-11(2)16(21)18(32)29-14(7-12-8-24-10-27-12)17(31)26-9-15(30)28-13(19(33)34)5-4-6-25-20(22)23/h8,10-11,13-14,16H,3-7,9,21H2,1-2H3,(H,24,27)(H,26,31)(H,28,30)(H,29,32)(H,33,34)(H4,22,23,25). The predicted octanol–water partition coefficient (Wildman–Crippen LogP) is -2.45. The van der Waals surface area contributed by atoms with Crippen LogP contribution in [0.2, 0.25) is 0 Å². The fourth-order valence-corrected chi connectivity index (χ4v) is 2.90. The van der Waals surface area contributed by atoms with Crippen LogP contribution in [-0.2, 0) is 25.6 Å². The lowest BCUT2D eigenvalue weighted by Crippen LogP contribution is -2.55. The monoisotopic (exact) mass is 481 g/mol. The largest absolute Gasteiger partial charge is 0.480 e. The van der Waals surface area contributed by atoms with Gasteiger partial charge in [-0.2, -0.15) is 0 Å². The number of nitrogens with two attached hydrogens (primary N) is 3. The molecule has 0 fully saturated rings. The van der Waals surface area contributed by atoms with E-state index in [2.05, 4.69) is 30.9 Å². The maximum absolute atomic E-state index is 12.7. The molecule has 0 aromatic carbocycles. The second-order valence-electron chi connectivity index (χ2n) is 7.88. The minimum Gasteiger partial charge on any atom is -0.480 e. The van der Waals surface area contributed by atoms with Crippen molar-refractivity contribution in [1.29, 1.82) is 0 Å². The van der Waals surface area contributed by atoms with Crippen molar-refractivity contribution in [2.24, 2.45) is 28.1 Å². The van der Waals surface area contributed by atoms with E-state index in [9.17, 15) is 24.3 Å². The van der Waals surface area contributed by atoms with E-state index in [4.69, 9.17) is 17.2 Å². The zero-order chi connectivity index (χ0) is 25.7. The highest BCUT2D eigenvalue weighted by Gasteiger charge is 2.27. The molecule has 0 saturated carbocycles. The Hall–Kier alpha value is -3.68. The van der Waals surface area contributed by atoms with Crippen LogP contribution in [0.1, 0.15) is 38.8 Å². The molecule has 14 heteroatoms. The van der Waals surface area contributed by atoms with Crippen molar-refractivity contribution < 1.29 is 24.3 Å². The van der Waals surface area contributed by atoms with E-state index in [1.807, 2.05) is 13.8 Å². The summed E-state index contributed by atoms with van der Waals surface area (Å²) < 4.78 is 0. The number of aliphatic carboxylic acids is 1. The van der Waals surface area contributed by atoms with Crippen LogP contribution in [0.5, 0.6) is 0 Å². The normalized spacial score (nSPS) is 14.2. The summed E-state index contributed by atoms with van der Waals surface area (Å²) in [7, 11) is 0. The van der Waals surface area contributed by atoms with Crippen LogP contribution in [-0.4, -0.2) is 75.9 Å². The van der Waals surface area contributed by atoms with Gasteiger partial charge in [-0.1, -0.05) is 20.3 Å². The number of carboxylic acid groups (broad SMARTS) is 1. The van der Waals surface area contributed by atoms with Crippen molar-refractivity contribution in [3.8, 4) is 0 Å². The Labute approximate surface area is 197 Å². The van der Waals surface area contributed by atoms with Gasteiger partial charge in [-0.3, -0.25) is 19.4 Å². The van der Waals surface area contributed by atoms with E-state index >= 15 is 0 Å². The lowest BCUT2D eigenvalue weighted by molar-refractivity contribution is -0.142. The smallest absolute Gasteiger partial charge is 0.326 e. The first-order valence-corrected chi connectivity index (χ1v) is 10.9. The average molecular weight is 482 g/mol. The molecule has 0 aliphatic heterocycles. The zero-order valence-electron chi connectivity index (χ0n) is 19.4. The van der Waals surface area contributed by atoms with Gasteiger partial charge in [0.1, 0.15) is 12.1 Å². The first-order chi connectivity index (χ1) is 16.0. The van der Waals surface area contributed by atoms with Crippen LogP contribution in [0.4, 0.5) is 0 Å². The summed E-state index contributed by atoms with van der Waals surface area (Å²) >= 11 is 0. The Kier molecular flexibility index (Phi) is 12.1. The van der Waals surface area contributed by atoms with Crippen molar-refractivity contribution in [3.63, 3.8) is 0 Å². The van der Waals surface area contributed by atoms with Gasteiger partial charge in [0.15, 0.2) is 5.96 Å². The summed E-state index contributed by atoms with van der Waals surface area (Å²) in [6, 6.07) is -3.00. The van der Waals surface area contributed by atoms with Crippen molar-refractivity contribution in [3.05, 3.63) is 18.2 Å². The Morgan fingerprint density at radius 1 is 1.18 bits per heavy atom. The molecular formula is C20H35N9O5. The number of H-pyrrole nitrogens is 1. The topological polar surface area (TPSA) is 244 Å². The Bertz CT molecular complexity index is 839. The number of nitrogens with one attached hydrogen (secondary N) is 4. The summed E-state index contributed by atoms with van der Waals surface area (Å²) in [5.41, 5.74) is 17.0. The fourth-order valence-electron chi connectivity index (χ4n) is 2.90. The molecule has 0 bridgehead atoms. The van der Waals surface area contributed by atoms with Gasteiger partial charge in [0.05, 0.1) is 18.9 Å². The SMILES string of the molecule is CCC(C)C(N)C(=O)NC(Cc1cnc[nH]1)C(=O)NCC(=O)NC(CCCN=C(N)N)C(=O)O. The number of hydrogen-bond acceptors (Lipinski definition) is 7. The lowest BCUT2D eigenvalue weighted by Gasteiger charge is -2.23. The average Bonchev–Trinajstić information content (AvgIpc) is 3.30. The molecule has 1 heterocycles. The minimum absolute atomic E-state index is 0.0922. The Morgan fingerprint density at radius 3 is 2.44 bits per heavy atom. The van der Waals surface area contributed by atoms with Gasteiger partial charge >= 0.3 is 5.97 Å². The van der Waals surface area contributed by atoms with Crippen LogP contribution in [0, 0.1) is 5.92 Å². The third-order valence-electron chi connectivity index (χ3n) is 5.17. The molecule has 1 rings (SSSR count). The molecule has 14 nitrogen and oxygen atoms in total. The van der Waals surface area contributed by atoms with Gasteiger partial charge in [0.2, 0.25) is 17.7 Å². The van der Waals surface area contributed by atoms with Gasteiger partial charge in [0.25, 0.3) is 0 Å². The zero-order valence-corrected chi connectivity index (χ0v) is 19.4. The van der Waals surface area contributed by atoms with Crippen LogP contribution in [0.3, 0.4) is 0 Å². The molecule has 0 spiro atoms. The molecule has 0 saturated heterocycles. The molecule has 0 radical (unpaired) electrons. The molecular weight excluding hydrogens is 446 g/mol. The molecule has 4 unspecified atom stereocenters. The molecule has 0 aliphatic carbocycles. The van der Waals surface area contributed by atoms with E-state index in [0.29, 0.717) is 18.5 Å². The maximum Gasteiger partial charge on any atom is 0.326 e. The molecule has 0 aliphatic rings. The quantitative estimate of drug-likeness (QED) is 0.0751. The number of nitrogens with zero attached hydrogens (tertiary/aromatic N) is 2. The van der Waals surface area contributed by atoms with Crippen molar-refractivity contribution in [2.45, 2.75) is 57.7 Å². The van der Waals surface area contributed by atoms with E-state index in [0.717, 1.165) is 0 Å². The number of aromatic nitrogens is 2. The molecule has 1 aromatic heterocycles. The third-order valence-corrected chi connectivity index (χ3v) is 5.17.